The molecule has 0 aromatic heterocycles. The Labute approximate surface area is 497 Å². The quantitative estimate of drug-likeness (QED) is 0.0195. The van der Waals surface area contributed by atoms with E-state index in [-0.39, 0.29) is 79.1 Å². The van der Waals surface area contributed by atoms with Crippen LogP contribution in [0, 0.1) is 11.8 Å². The van der Waals surface area contributed by atoms with Crippen LogP contribution in [0.1, 0.15) is 104 Å². The molecule has 23 nitrogen and oxygen atoms in total. The summed E-state index contributed by atoms with van der Waals surface area (Å²) in [7, 11) is -8.22. The largest absolute Gasteiger partial charge is 0.530 e. The van der Waals surface area contributed by atoms with Crippen molar-refractivity contribution in [1.82, 2.24) is 21.3 Å². The number of alkyl halides is 3. The van der Waals surface area contributed by atoms with Gasteiger partial charge in [-0.3, -0.25) is 37.3 Å². The molecular weight excluding hydrogens is 1170 g/mol. The van der Waals surface area contributed by atoms with Crippen LogP contribution in [0.5, 0.6) is 11.5 Å². The summed E-state index contributed by atoms with van der Waals surface area (Å²) in [6.45, 7) is 29.4. The molecule has 0 saturated carbocycles. The van der Waals surface area contributed by atoms with Crippen LogP contribution in [0.2, 0.25) is 0 Å². The number of nitrogens with one attached hydrogen (secondary N) is 4. The van der Waals surface area contributed by atoms with Gasteiger partial charge < -0.3 is 56.4 Å². The van der Waals surface area contributed by atoms with E-state index in [1.165, 1.54) is 54.6 Å². The van der Waals surface area contributed by atoms with Gasteiger partial charge >= 0.3 is 27.8 Å². The predicted molar refractivity (Wildman–Crippen MR) is 316 cm³/mol. The van der Waals surface area contributed by atoms with E-state index in [1.807, 2.05) is 27.7 Å². The van der Waals surface area contributed by atoms with Gasteiger partial charge in [0, 0.05) is 24.0 Å². The van der Waals surface area contributed by atoms with E-state index in [1.54, 1.807) is 47.6 Å². The minimum absolute atomic E-state index is 0.00613. The monoisotopic (exact) mass is 1250 g/mol. The van der Waals surface area contributed by atoms with Gasteiger partial charge in [-0.2, -0.15) is 0 Å². The van der Waals surface area contributed by atoms with Gasteiger partial charge in [-0.25, -0.2) is 23.1 Å². The second kappa shape index (κ2) is 38.9. The lowest BCUT2D eigenvalue weighted by Crippen LogP contribution is -2.54. The third-order valence-corrected chi connectivity index (χ3v) is 12.7. The molecule has 83 heavy (non-hydrogen) atoms. The summed E-state index contributed by atoms with van der Waals surface area (Å²) in [6.07, 6.45) is 4.17. The van der Waals surface area contributed by atoms with Crippen LogP contribution >= 0.6 is 38.8 Å². The van der Waals surface area contributed by atoms with Gasteiger partial charge in [-0.1, -0.05) is 64.1 Å². The van der Waals surface area contributed by atoms with Crippen LogP contribution in [-0.4, -0.2) is 108 Å². The Kier molecular flexibility index (Phi) is 36.2. The summed E-state index contributed by atoms with van der Waals surface area (Å²) in [5.74, 6) is -2.72. The fourth-order valence-electron chi connectivity index (χ4n) is 6.69. The molecule has 28 heteroatoms. The third-order valence-electron chi connectivity index (χ3n) is 10.0. The topological polar surface area (TPSA) is 331 Å². The van der Waals surface area contributed by atoms with Gasteiger partial charge in [0.05, 0.1) is 38.4 Å². The summed E-state index contributed by atoms with van der Waals surface area (Å²) >= 11 is 9.53. The van der Waals surface area contributed by atoms with E-state index >= 15 is 0 Å². The molecule has 2 rings (SSSR count). The molecule has 2 aromatic rings. The molecular formula is C55H85Cl2FN6O17P2. The van der Waals surface area contributed by atoms with Crippen LogP contribution in [0.15, 0.2) is 87.0 Å². The molecule has 0 heterocycles. The second-order valence-corrected chi connectivity index (χ2v) is 24.7. The van der Waals surface area contributed by atoms with Crippen LogP contribution < -0.4 is 41.8 Å². The number of hydrogen-bond donors (Lipinski definition) is 7. The fraction of sp³-hybridized carbons (Fsp3) is 0.527. The number of halogens is 3. The van der Waals surface area contributed by atoms with Gasteiger partial charge in [0.2, 0.25) is 23.6 Å². The van der Waals surface area contributed by atoms with Gasteiger partial charge in [0.25, 0.3) is 0 Å². The molecule has 4 unspecified atom stereocenters. The number of carbonyl (C=O) groups is 6. The molecule has 0 fully saturated rings. The van der Waals surface area contributed by atoms with E-state index in [4.69, 9.17) is 71.3 Å². The first kappa shape index (κ1) is 77.2. The molecule has 0 spiro atoms. The highest BCUT2D eigenvalue weighted by molar-refractivity contribution is 7.49. The number of amides is 6. The average molecular weight is 1250 g/mol. The minimum atomic E-state index is -4.14. The smallest absolute Gasteiger partial charge is 0.444 e. The maximum absolute atomic E-state index is 14.0. The predicted octanol–water partition coefficient (Wildman–Crippen LogP) is 9.44. The number of ether oxygens (including phenoxy) is 2. The number of rotatable bonds is 34. The van der Waals surface area contributed by atoms with Gasteiger partial charge in [-0.05, 0) is 102 Å². The Morgan fingerprint density at radius 1 is 0.590 bits per heavy atom. The van der Waals surface area contributed by atoms with Crippen molar-refractivity contribution in [2.24, 2.45) is 23.3 Å². The molecule has 2 aromatic carbocycles. The first-order valence-corrected chi connectivity index (χ1v) is 30.0. The molecule has 0 bridgehead atoms. The zero-order valence-corrected chi connectivity index (χ0v) is 52.3. The molecule has 0 aliphatic carbocycles. The number of aliphatic hydroxyl groups excluding tert-OH is 1. The number of nitrogens with two attached hydrogens (primary N) is 2. The third kappa shape index (κ3) is 33.3. The summed E-state index contributed by atoms with van der Waals surface area (Å²) in [4.78, 5) is 75.3. The van der Waals surface area contributed by atoms with Crippen molar-refractivity contribution in [1.29, 1.82) is 0 Å². The Bertz CT molecular complexity index is 2350. The van der Waals surface area contributed by atoms with Gasteiger partial charge in [0.1, 0.15) is 53.5 Å². The maximum Gasteiger partial charge on any atom is 0.530 e. The zero-order valence-electron chi connectivity index (χ0n) is 49.0. The number of benzene rings is 2. The highest BCUT2D eigenvalue weighted by atomic mass is 35.5. The molecule has 9 N–H and O–H groups in total. The van der Waals surface area contributed by atoms with Crippen molar-refractivity contribution >= 4 is 74.7 Å². The number of aliphatic hydroxyl groups is 1. The van der Waals surface area contributed by atoms with E-state index in [0.717, 1.165) is 0 Å². The number of phosphoric ester groups is 2. The lowest BCUT2D eigenvalue weighted by atomic mass is 10.0. The first-order chi connectivity index (χ1) is 38.7. The van der Waals surface area contributed by atoms with E-state index < -0.39 is 100 Å². The Morgan fingerprint density at radius 2 is 0.904 bits per heavy atom. The lowest BCUT2D eigenvalue weighted by molar-refractivity contribution is -0.129. The fourth-order valence-corrected chi connectivity index (χ4v) is 9.04. The number of hydrogen-bond acceptors (Lipinski definition) is 17. The SMILES string of the molecule is C=CCOP(=O)(OCC=C)Oc1ccc(CC(NC(=O)OC(C)(C)C)C(=O)NC(CC(C)C)C(N)=O)cc1CF.C=CCOP(=O)(OCC=C)Oc1ccc(CC(NC(=O)OC(C)(C)C)C(=O)NC(CC(C)C)C(N)=O)cc1CO.ClCCl. The van der Waals surface area contributed by atoms with Crippen molar-refractivity contribution < 1.29 is 84.0 Å². The molecule has 6 amide bonds. The van der Waals surface area contributed by atoms with E-state index in [2.05, 4.69) is 47.6 Å². The van der Waals surface area contributed by atoms with Gasteiger partial charge in [0.15, 0.2) is 0 Å². The van der Waals surface area contributed by atoms with Crippen molar-refractivity contribution in [3.8, 4) is 11.5 Å². The zero-order chi connectivity index (χ0) is 63.7. The highest BCUT2D eigenvalue weighted by Crippen LogP contribution is 2.51. The summed E-state index contributed by atoms with van der Waals surface area (Å²) in [5, 5.41) is 20.4. The van der Waals surface area contributed by atoms with Crippen LogP contribution in [0.4, 0.5) is 14.0 Å². The van der Waals surface area contributed by atoms with Crippen LogP contribution in [-0.2, 0) is 82.0 Å². The van der Waals surface area contributed by atoms with Crippen LogP contribution in [0.3, 0.4) is 0 Å². The maximum atomic E-state index is 14.0. The molecule has 0 radical (unpaired) electrons. The van der Waals surface area contributed by atoms with Crippen LogP contribution in [0.25, 0.3) is 0 Å². The standard InChI is InChI=1S/C27H41FN3O8P.C27H42N3O9P.CH2Cl2/c1-8-12-36-40(35,37-13-9-2)39-23-11-10-19(15-20(23)17-28)16-22(31-26(34)38-27(5,6)7)25(33)30-21(24(29)32)14-18(3)4;1-8-12-36-40(35,37-13-9-2)39-23-11-10-19(15-20(23)17-31)16-22(30-26(34)38-27(5,6)7)25(33)29-21(24(28)32)14-18(3)4;2-1-3/h8-11,15,18,21-22H,1-2,12-14,16-17H2,3-7H3,(H2,29,32)(H,30,33)(H,31,34);8-11,15,18,21-22,31H,1-2,12-14,16-17H2,3-7H3,(H2,28,32)(H,29,33)(H,30,34);1H2. The Morgan fingerprint density at radius 3 is 1.17 bits per heavy atom. The lowest BCUT2D eigenvalue weighted by Gasteiger charge is -2.25. The molecule has 4 atom stereocenters. The number of primary amides is 2. The normalized spacial score (nSPS) is 12.9. The summed E-state index contributed by atoms with van der Waals surface area (Å²) in [6, 6.07) is 4.43. The van der Waals surface area contributed by atoms with E-state index in [0.29, 0.717) is 24.0 Å². The minimum Gasteiger partial charge on any atom is -0.444 e. The number of phosphoric acid groups is 2. The van der Waals surface area contributed by atoms with E-state index in [9.17, 15) is 47.4 Å². The molecule has 468 valence electrons. The van der Waals surface area contributed by atoms with Crippen molar-refractivity contribution in [2.75, 3.05) is 31.8 Å². The number of alkyl carbamates (subject to hydrolysis) is 2. The Hall–Kier alpha value is -5.81. The van der Waals surface area contributed by atoms with Crippen molar-refractivity contribution in [2.45, 2.75) is 144 Å². The first-order valence-electron chi connectivity index (χ1n) is 26.0. The van der Waals surface area contributed by atoms with Crippen molar-refractivity contribution in [3.63, 3.8) is 0 Å². The van der Waals surface area contributed by atoms with Crippen molar-refractivity contribution in [3.05, 3.63) is 109 Å². The molecule has 0 aliphatic rings. The second-order valence-electron chi connectivity index (χ2n) is 20.7. The average Bonchev–Trinajstić information content (AvgIpc) is 3.38. The molecule has 0 saturated heterocycles. The summed E-state index contributed by atoms with van der Waals surface area (Å²) < 4.78 is 82.2. The highest BCUT2D eigenvalue weighted by Gasteiger charge is 2.33. The van der Waals surface area contributed by atoms with Gasteiger partial charge in [-0.15, -0.1) is 49.5 Å². The molecule has 0 aliphatic heterocycles. The Balaban J connectivity index is 0.00000155. The summed E-state index contributed by atoms with van der Waals surface area (Å²) in [5.41, 5.74) is 10.4. The number of carbonyl (C=O) groups excluding carboxylic acids is 6.